The van der Waals surface area contributed by atoms with Gasteiger partial charge in [0, 0.05) is 11.9 Å². The second-order valence-electron chi connectivity index (χ2n) is 6.52. The molecule has 0 amide bonds. The number of aliphatic carboxylic acids is 2. The molecule has 3 atom stereocenters. The van der Waals surface area contributed by atoms with Crippen LogP contribution in [0.3, 0.4) is 0 Å². The Morgan fingerprint density at radius 1 is 1.13 bits per heavy atom. The van der Waals surface area contributed by atoms with Gasteiger partial charge >= 0.3 is 5.97 Å². The number of hydrogen-bond donors (Lipinski definition) is 2. The lowest BCUT2D eigenvalue weighted by Crippen LogP contribution is -2.56. The monoisotopic (exact) mass is 329 g/mol. The van der Waals surface area contributed by atoms with Crippen LogP contribution in [0.15, 0.2) is 12.7 Å². The van der Waals surface area contributed by atoms with Crippen molar-refractivity contribution >= 4 is 11.9 Å². The van der Waals surface area contributed by atoms with Crippen molar-refractivity contribution in [3.05, 3.63) is 12.7 Å². The lowest BCUT2D eigenvalue weighted by Gasteiger charge is -2.40. The predicted octanol–water partition coefficient (Wildman–Crippen LogP) is 0.996. The summed E-state index contributed by atoms with van der Waals surface area (Å²) in [5.41, 5.74) is 0. The summed E-state index contributed by atoms with van der Waals surface area (Å²) < 4.78 is 0.0874. The van der Waals surface area contributed by atoms with Crippen LogP contribution in [0.1, 0.15) is 46.0 Å². The Labute approximate surface area is 139 Å². The summed E-state index contributed by atoms with van der Waals surface area (Å²) in [5.74, 6) is -3.48. The van der Waals surface area contributed by atoms with Crippen molar-refractivity contribution in [1.29, 1.82) is 0 Å². The number of unbranched alkanes of at least 4 members (excludes halogenated alkanes) is 4. The summed E-state index contributed by atoms with van der Waals surface area (Å²) in [6.45, 7) is 7.50. The Bertz CT molecular complexity index is 361. The number of carbonyl (C=O) groups is 2. The largest absolute Gasteiger partial charge is 0.550 e. The van der Waals surface area contributed by atoms with Crippen LogP contribution >= 0.6 is 0 Å². The SMILES string of the molecule is C=CCCCCCC[N+](CO)(CC(C)C(=O)[O-])CC(C)C(=O)O. The molecule has 0 saturated heterocycles. The van der Waals surface area contributed by atoms with Crippen LogP contribution < -0.4 is 5.11 Å². The minimum atomic E-state index is -1.17. The van der Waals surface area contributed by atoms with E-state index in [1.54, 1.807) is 6.92 Å². The highest BCUT2D eigenvalue weighted by Gasteiger charge is 2.33. The molecule has 0 saturated carbocycles. The van der Waals surface area contributed by atoms with Gasteiger partial charge in [0.1, 0.15) is 5.92 Å². The Morgan fingerprint density at radius 2 is 1.70 bits per heavy atom. The van der Waals surface area contributed by atoms with Gasteiger partial charge in [0.15, 0.2) is 6.73 Å². The van der Waals surface area contributed by atoms with Gasteiger partial charge in [0.25, 0.3) is 0 Å². The lowest BCUT2D eigenvalue weighted by molar-refractivity contribution is -0.949. The molecule has 0 radical (unpaired) electrons. The third-order valence-electron chi connectivity index (χ3n) is 4.24. The van der Waals surface area contributed by atoms with Gasteiger partial charge in [-0.05, 0) is 32.6 Å². The normalized spacial score (nSPS) is 16.3. The summed E-state index contributed by atoms with van der Waals surface area (Å²) >= 11 is 0. The predicted molar refractivity (Wildman–Crippen MR) is 86.2 cm³/mol. The van der Waals surface area contributed by atoms with E-state index in [-0.39, 0.29) is 24.3 Å². The fraction of sp³-hybridized carbons (Fsp3) is 0.765. The number of quaternary nitrogens is 1. The fourth-order valence-electron chi connectivity index (χ4n) is 2.85. The van der Waals surface area contributed by atoms with Crippen LogP contribution in [0.5, 0.6) is 0 Å². The second kappa shape index (κ2) is 11.2. The van der Waals surface area contributed by atoms with Gasteiger partial charge in [0.05, 0.1) is 19.6 Å². The molecular weight excluding hydrogens is 298 g/mol. The molecule has 3 unspecified atom stereocenters. The Kier molecular flexibility index (Phi) is 10.5. The van der Waals surface area contributed by atoms with E-state index in [1.165, 1.54) is 6.92 Å². The first-order valence-electron chi connectivity index (χ1n) is 8.28. The number of aliphatic hydroxyl groups excluding tert-OH is 1. The molecule has 0 heterocycles. The van der Waals surface area contributed by atoms with Crippen LogP contribution in [-0.2, 0) is 9.59 Å². The summed E-state index contributed by atoms with van der Waals surface area (Å²) in [4.78, 5) is 22.2. The first kappa shape index (κ1) is 21.6. The fourth-order valence-corrected chi connectivity index (χ4v) is 2.85. The van der Waals surface area contributed by atoms with E-state index in [1.807, 2.05) is 6.08 Å². The number of rotatable bonds is 14. The van der Waals surface area contributed by atoms with Gasteiger partial charge in [-0.15, -0.1) is 6.58 Å². The molecule has 0 aliphatic rings. The van der Waals surface area contributed by atoms with Gasteiger partial charge in [-0.25, -0.2) is 0 Å². The molecule has 134 valence electrons. The molecule has 0 aromatic heterocycles. The first-order chi connectivity index (χ1) is 10.8. The van der Waals surface area contributed by atoms with Gasteiger partial charge in [0.2, 0.25) is 0 Å². The molecule has 6 nitrogen and oxygen atoms in total. The Morgan fingerprint density at radius 3 is 2.17 bits per heavy atom. The molecule has 0 aliphatic carbocycles. The van der Waals surface area contributed by atoms with Crippen molar-refractivity contribution in [2.75, 3.05) is 26.4 Å². The van der Waals surface area contributed by atoms with E-state index >= 15 is 0 Å². The molecule has 0 spiro atoms. The molecule has 0 rings (SSSR count). The Hall–Kier alpha value is -1.40. The maximum absolute atomic E-state index is 11.1. The van der Waals surface area contributed by atoms with E-state index in [9.17, 15) is 19.8 Å². The maximum Gasteiger partial charge on any atom is 0.311 e. The quantitative estimate of drug-likeness (QED) is 0.214. The molecule has 23 heavy (non-hydrogen) atoms. The lowest BCUT2D eigenvalue weighted by atomic mass is 10.0. The van der Waals surface area contributed by atoms with Crippen molar-refractivity contribution in [3.8, 4) is 0 Å². The van der Waals surface area contributed by atoms with Crippen molar-refractivity contribution in [1.82, 2.24) is 0 Å². The summed E-state index contributed by atoms with van der Waals surface area (Å²) in [6, 6.07) is 0. The van der Waals surface area contributed by atoms with Crippen LogP contribution in [0, 0.1) is 11.8 Å². The van der Waals surface area contributed by atoms with Crippen LogP contribution in [0.4, 0.5) is 0 Å². The van der Waals surface area contributed by atoms with Gasteiger partial charge in [-0.1, -0.05) is 19.4 Å². The number of carbonyl (C=O) groups excluding carboxylic acids is 1. The van der Waals surface area contributed by atoms with Crippen molar-refractivity contribution in [2.24, 2.45) is 11.8 Å². The number of hydrogen-bond acceptors (Lipinski definition) is 4. The third-order valence-corrected chi connectivity index (χ3v) is 4.24. The van der Waals surface area contributed by atoms with Crippen molar-refractivity contribution in [3.63, 3.8) is 0 Å². The standard InChI is InChI=1S/C17H31NO5/c1-4-5-6-7-8-9-10-18(13-19,11-14(2)16(20)21)12-15(3)17(22)23/h4,14-15,19H,1,5-13H2,2-3H3,(H-,20,21,22,23). The molecule has 0 aromatic rings. The van der Waals surface area contributed by atoms with Crippen molar-refractivity contribution in [2.45, 2.75) is 46.0 Å². The molecule has 0 aromatic carbocycles. The summed E-state index contributed by atoms with van der Waals surface area (Å²) in [6.07, 6.45) is 6.74. The maximum atomic E-state index is 11.1. The molecule has 0 fully saturated rings. The zero-order valence-corrected chi connectivity index (χ0v) is 14.4. The highest BCUT2D eigenvalue weighted by Crippen LogP contribution is 2.18. The number of carboxylic acids is 2. The van der Waals surface area contributed by atoms with Gasteiger partial charge in [-0.2, -0.15) is 0 Å². The number of allylic oxidation sites excluding steroid dienone is 1. The molecule has 0 aliphatic heterocycles. The average molecular weight is 329 g/mol. The van der Waals surface area contributed by atoms with Crippen LogP contribution in [-0.4, -0.2) is 53.0 Å². The van der Waals surface area contributed by atoms with Gasteiger partial charge in [-0.3, -0.25) is 9.28 Å². The van der Waals surface area contributed by atoms with Gasteiger partial charge < -0.3 is 20.1 Å². The Balaban J connectivity index is 4.77. The third kappa shape index (κ3) is 8.71. The summed E-state index contributed by atoms with van der Waals surface area (Å²) in [5, 5.41) is 30.0. The second-order valence-corrected chi connectivity index (χ2v) is 6.52. The number of aliphatic hydroxyl groups is 1. The van der Waals surface area contributed by atoms with E-state index in [0.29, 0.717) is 6.54 Å². The number of nitrogens with zero attached hydrogens (tertiary/aromatic N) is 1. The molecule has 0 bridgehead atoms. The summed E-state index contributed by atoms with van der Waals surface area (Å²) in [7, 11) is 0. The highest BCUT2D eigenvalue weighted by atomic mass is 16.4. The average Bonchev–Trinajstić information content (AvgIpc) is 2.50. The van der Waals surface area contributed by atoms with E-state index < -0.39 is 23.8 Å². The number of carboxylic acid groups (broad SMARTS) is 2. The molecular formula is C17H31NO5. The van der Waals surface area contributed by atoms with E-state index in [4.69, 9.17) is 5.11 Å². The molecule has 2 N–H and O–H groups in total. The van der Waals surface area contributed by atoms with Crippen LogP contribution in [0.25, 0.3) is 0 Å². The topological polar surface area (TPSA) is 97.7 Å². The van der Waals surface area contributed by atoms with E-state index in [0.717, 1.165) is 32.1 Å². The first-order valence-corrected chi connectivity index (χ1v) is 8.28. The highest BCUT2D eigenvalue weighted by molar-refractivity contribution is 5.69. The minimum absolute atomic E-state index is 0.0874. The van der Waals surface area contributed by atoms with Crippen molar-refractivity contribution < 1.29 is 29.4 Å². The smallest absolute Gasteiger partial charge is 0.311 e. The van der Waals surface area contributed by atoms with Crippen LogP contribution in [0.2, 0.25) is 0 Å². The zero-order chi connectivity index (χ0) is 17.9. The minimum Gasteiger partial charge on any atom is -0.550 e. The van der Waals surface area contributed by atoms with E-state index in [2.05, 4.69) is 6.58 Å². The molecule has 6 heteroatoms. The zero-order valence-electron chi connectivity index (χ0n) is 14.4.